The van der Waals surface area contributed by atoms with Gasteiger partial charge >= 0.3 is 0 Å². The highest BCUT2D eigenvalue weighted by Crippen LogP contribution is 2.30. The first kappa shape index (κ1) is 13.8. The van der Waals surface area contributed by atoms with Crippen LogP contribution in [0.3, 0.4) is 0 Å². The van der Waals surface area contributed by atoms with Crippen LogP contribution in [0.25, 0.3) is 0 Å². The maximum atomic E-state index is 13.0. The van der Waals surface area contributed by atoms with Gasteiger partial charge in [0.05, 0.1) is 13.2 Å². The second kappa shape index (κ2) is 5.59. The highest BCUT2D eigenvalue weighted by atomic mass is 35.5. The van der Waals surface area contributed by atoms with Gasteiger partial charge in [0.1, 0.15) is 11.6 Å². The van der Waals surface area contributed by atoms with Crippen molar-refractivity contribution in [1.82, 2.24) is 0 Å². The summed E-state index contributed by atoms with van der Waals surface area (Å²) in [6.07, 6.45) is 0. The van der Waals surface area contributed by atoms with Crippen LogP contribution in [0, 0.1) is 12.7 Å². The van der Waals surface area contributed by atoms with Crippen LogP contribution in [-0.2, 0) is 0 Å². The lowest BCUT2D eigenvalue weighted by atomic mass is 9.95. The molecule has 100 valence electrons. The van der Waals surface area contributed by atoms with Crippen molar-refractivity contribution in [2.75, 3.05) is 7.11 Å². The number of ether oxygens (including phenoxy) is 1. The van der Waals surface area contributed by atoms with E-state index in [-0.39, 0.29) is 11.9 Å². The van der Waals surface area contributed by atoms with E-state index in [1.54, 1.807) is 13.2 Å². The summed E-state index contributed by atoms with van der Waals surface area (Å²) in [6, 6.07) is 9.52. The van der Waals surface area contributed by atoms with E-state index in [1.807, 2.05) is 25.1 Å². The van der Waals surface area contributed by atoms with Crippen LogP contribution in [0.4, 0.5) is 4.39 Å². The molecule has 2 aromatic rings. The highest BCUT2D eigenvalue weighted by molar-refractivity contribution is 6.31. The molecule has 0 aliphatic heterocycles. The SMILES string of the molecule is COc1ccc(C(N)c2ccc(F)cc2Cl)c(C)c1. The Morgan fingerprint density at radius 1 is 1.16 bits per heavy atom. The van der Waals surface area contributed by atoms with Gasteiger partial charge < -0.3 is 10.5 Å². The van der Waals surface area contributed by atoms with E-state index < -0.39 is 0 Å². The van der Waals surface area contributed by atoms with Gasteiger partial charge in [-0.3, -0.25) is 0 Å². The van der Waals surface area contributed by atoms with Gasteiger partial charge in [-0.05, 0) is 47.9 Å². The maximum Gasteiger partial charge on any atom is 0.124 e. The van der Waals surface area contributed by atoms with E-state index >= 15 is 0 Å². The fourth-order valence-corrected chi connectivity index (χ4v) is 2.33. The second-order valence-corrected chi connectivity index (χ2v) is 4.77. The lowest BCUT2D eigenvalue weighted by Gasteiger charge is -2.17. The lowest BCUT2D eigenvalue weighted by Crippen LogP contribution is -2.14. The van der Waals surface area contributed by atoms with Crippen molar-refractivity contribution in [1.29, 1.82) is 0 Å². The molecule has 2 N–H and O–H groups in total. The quantitative estimate of drug-likeness (QED) is 0.926. The smallest absolute Gasteiger partial charge is 0.124 e. The molecule has 0 aliphatic rings. The van der Waals surface area contributed by atoms with E-state index in [1.165, 1.54) is 12.1 Å². The minimum absolute atomic E-state index is 0.336. The summed E-state index contributed by atoms with van der Waals surface area (Å²) >= 11 is 6.04. The Bertz CT molecular complexity index is 601. The van der Waals surface area contributed by atoms with Gasteiger partial charge in [-0.2, -0.15) is 0 Å². The maximum absolute atomic E-state index is 13.0. The highest BCUT2D eigenvalue weighted by Gasteiger charge is 2.15. The molecular weight excluding hydrogens is 265 g/mol. The largest absolute Gasteiger partial charge is 0.497 e. The van der Waals surface area contributed by atoms with Crippen molar-refractivity contribution in [3.63, 3.8) is 0 Å². The summed E-state index contributed by atoms with van der Waals surface area (Å²) in [5.74, 6) is 0.408. The van der Waals surface area contributed by atoms with E-state index in [0.717, 1.165) is 16.9 Å². The summed E-state index contributed by atoms with van der Waals surface area (Å²) in [7, 11) is 1.62. The Labute approximate surface area is 117 Å². The predicted molar refractivity (Wildman–Crippen MR) is 75.2 cm³/mol. The molecule has 0 amide bonds. The molecule has 0 radical (unpaired) electrons. The molecule has 0 aliphatic carbocycles. The summed E-state index contributed by atoms with van der Waals surface area (Å²) in [6.45, 7) is 1.95. The number of methoxy groups -OCH3 is 1. The van der Waals surface area contributed by atoms with E-state index in [9.17, 15) is 4.39 Å². The zero-order valence-electron chi connectivity index (χ0n) is 10.8. The first-order valence-corrected chi connectivity index (χ1v) is 6.26. The molecule has 0 heterocycles. The van der Waals surface area contributed by atoms with Crippen LogP contribution < -0.4 is 10.5 Å². The van der Waals surface area contributed by atoms with Gasteiger partial charge in [0.2, 0.25) is 0 Å². The first-order valence-electron chi connectivity index (χ1n) is 5.88. The van der Waals surface area contributed by atoms with Gasteiger partial charge in [-0.15, -0.1) is 0 Å². The van der Waals surface area contributed by atoms with Crippen molar-refractivity contribution in [2.24, 2.45) is 5.73 Å². The molecule has 1 unspecified atom stereocenters. The Balaban J connectivity index is 2.41. The molecule has 2 aromatic carbocycles. The van der Waals surface area contributed by atoms with Crippen LogP contribution in [0.2, 0.25) is 5.02 Å². The third kappa shape index (κ3) is 2.88. The summed E-state index contributed by atoms with van der Waals surface area (Å²) < 4.78 is 18.2. The van der Waals surface area contributed by atoms with Gasteiger partial charge in [0.15, 0.2) is 0 Å². The monoisotopic (exact) mass is 279 g/mol. The Morgan fingerprint density at radius 2 is 1.84 bits per heavy atom. The predicted octanol–water partition coefficient (Wildman–Crippen LogP) is 3.84. The molecule has 0 saturated heterocycles. The van der Waals surface area contributed by atoms with E-state index in [2.05, 4.69) is 0 Å². The number of hydrogen-bond donors (Lipinski definition) is 1. The number of hydrogen-bond acceptors (Lipinski definition) is 2. The van der Waals surface area contributed by atoms with E-state index in [4.69, 9.17) is 22.1 Å². The van der Waals surface area contributed by atoms with Crippen LogP contribution in [0.15, 0.2) is 36.4 Å². The number of nitrogens with two attached hydrogens (primary N) is 1. The molecule has 0 aromatic heterocycles. The topological polar surface area (TPSA) is 35.2 Å². The zero-order chi connectivity index (χ0) is 14.0. The molecule has 0 saturated carbocycles. The molecular formula is C15H15ClFNO. The zero-order valence-corrected chi connectivity index (χ0v) is 11.5. The minimum Gasteiger partial charge on any atom is -0.497 e. The minimum atomic E-state index is -0.390. The van der Waals surface area contributed by atoms with Gasteiger partial charge in [0, 0.05) is 5.02 Å². The third-order valence-electron chi connectivity index (χ3n) is 3.11. The molecule has 0 spiro atoms. The average Bonchev–Trinajstić information content (AvgIpc) is 2.37. The number of rotatable bonds is 3. The van der Waals surface area contributed by atoms with Crippen molar-refractivity contribution in [3.8, 4) is 5.75 Å². The Kier molecular flexibility index (Phi) is 4.08. The normalized spacial score (nSPS) is 12.3. The summed E-state index contributed by atoms with van der Waals surface area (Å²) in [5.41, 5.74) is 8.86. The van der Waals surface area contributed by atoms with Gasteiger partial charge in [0.25, 0.3) is 0 Å². The van der Waals surface area contributed by atoms with Crippen LogP contribution >= 0.6 is 11.6 Å². The fraction of sp³-hybridized carbons (Fsp3) is 0.200. The van der Waals surface area contributed by atoms with Crippen molar-refractivity contribution < 1.29 is 9.13 Å². The molecule has 1 atom stereocenters. The first-order chi connectivity index (χ1) is 9.02. The van der Waals surface area contributed by atoms with Gasteiger partial charge in [-0.1, -0.05) is 23.7 Å². The Morgan fingerprint density at radius 3 is 2.42 bits per heavy atom. The number of benzene rings is 2. The number of halogens is 2. The van der Waals surface area contributed by atoms with Crippen molar-refractivity contribution in [2.45, 2.75) is 13.0 Å². The second-order valence-electron chi connectivity index (χ2n) is 4.37. The lowest BCUT2D eigenvalue weighted by molar-refractivity contribution is 0.414. The van der Waals surface area contributed by atoms with Crippen molar-refractivity contribution in [3.05, 3.63) is 63.9 Å². The summed E-state index contributed by atoms with van der Waals surface area (Å²) in [5, 5.41) is 0.336. The van der Waals surface area contributed by atoms with Crippen LogP contribution in [0.5, 0.6) is 5.75 Å². The molecule has 0 bridgehead atoms. The van der Waals surface area contributed by atoms with Crippen LogP contribution in [0.1, 0.15) is 22.7 Å². The standard InChI is InChI=1S/C15H15ClFNO/c1-9-7-11(19-2)4-6-12(9)15(18)13-5-3-10(17)8-14(13)16/h3-8,15H,18H2,1-2H3. The molecule has 2 nitrogen and oxygen atoms in total. The molecule has 19 heavy (non-hydrogen) atoms. The molecule has 0 fully saturated rings. The number of aryl methyl sites for hydroxylation is 1. The Hall–Kier alpha value is -1.58. The average molecular weight is 280 g/mol. The van der Waals surface area contributed by atoms with Crippen LogP contribution in [-0.4, -0.2) is 7.11 Å². The van der Waals surface area contributed by atoms with E-state index in [0.29, 0.717) is 10.6 Å². The molecule has 2 rings (SSSR count). The third-order valence-corrected chi connectivity index (χ3v) is 3.44. The summed E-state index contributed by atoms with van der Waals surface area (Å²) in [4.78, 5) is 0. The van der Waals surface area contributed by atoms with Gasteiger partial charge in [-0.25, -0.2) is 4.39 Å². The van der Waals surface area contributed by atoms with Crippen molar-refractivity contribution >= 4 is 11.6 Å². The fourth-order valence-electron chi connectivity index (χ4n) is 2.05. The molecule has 4 heteroatoms.